The third-order valence-corrected chi connectivity index (χ3v) is 7.14. The summed E-state index contributed by atoms with van der Waals surface area (Å²) in [5.74, 6) is 3.01. The van der Waals surface area contributed by atoms with Gasteiger partial charge in [0, 0.05) is 37.1 Å². The second-order valence-corrected chi connectivity index (χ2v) is 9.22. The molecule has 5 rings (SSSR count). The highest BCUT2D eigenvalue weighted by Crippen LogP contribution is 2.35. The molecule has 0 unspecified atom stereocenters. The zero-order valence-corrected chi connectivity index (χ0v) is 20.3. The second-order valence-electron chi connectivity index (χ2n) is 9.22. The highest BCUT2D eigenvalue weighted by atomic mass is 16.5. The van der Waals surface area contributed by atoms with Gasteiger partial charge in [-0.2, -0.15) is 4.98 Å². The number of anilines is 2. The number of benzene rings is 2. The molecule has 180 valence electrons. The third kappa shape index (κ3) is 4.89. The number of likely N-dealkylation sites (tertiary alicyclic amines) is 1. The van der Waals surface area contributed by atoms with Gasteiger partial charge >= 0.3 is 0 Å². The van der Waals surface area contributed by atoms with Gasteiger partial charge in [0.05, 0.1) is 19.7 Å². The average molecular weight is 462 g/mol. The van der Waals surface area contributed by atoms with Gasteiger partial charge in [0.25, 0.3) is 0 Å². The number of hydrogen-bond donors (Lipinski definition) is 1. The van der Waals surface area contributed by atoms with Crippen LogP contribution >= 0.6 is 0 Å². The zero-order chi connectivity index (χ0) is 23.3. The molecule has 34 heavy (non-hydrogen) atoms. The molecule has 2 aliphatic rings. The van der Waals surface area contributed by atoms with Gasteiger partial charge in [-0.15, -0.1) is 0 Å². The quantitative estimate of drug-likeness (QED) is 0.535. The summed E-state index contributed by atoms with van der Waals surface area (Å²) >= 11 is 0. The number of aromatic nitrogens is 2. The van der Waals surface area contributed by atoms with Crippen molar-refractivity contribution in [2.45, 2.75) is 38.1 Å². The molecular weight excluding hydrogens is 426 g/mol. The summed E-state index contributed by atoms with van der Waals surface area (Å²) in [5, 5.41) is 4.52. The van der Waals surface area contributed by atoms with Gasteiger partial charge in [0.2, 0.25) is 5.95 Å². The molecule has 7 heteroatoms. The topological polar surface area (TPSA) is 62.8 Å². The SMILES string of the molecule is COc1cc2nc(N3CCC(N4CCCC4)CC3)nc(NCCc3ccccc3)c2cc1OC. The van der Waals surface area contributed by atoms with Gasteiger partial charge in [0.1, 0.15) is 5.82 Å². The minimum absolute atomic E-state index is 0.683. The van der Waals surface area contributed by atoms with Crippen LogP contribution in [0.2, 0.25) is 0 Å². The average Bonchev–Trinajstić information content (AvgIpc) is 3.43. The van der Waals surface area contributed by atoms with E-state index in [1.807, 2.05) is 18.2 Å². The van der Waals surface area contributed by atoms with Crippen LogP contribution in [0.3, 0.4) is 0 Å². The van der Waals surface area contributed by atoms with Crippen molar-refractivity contribution in [2.75, 3.05) is 57.2 Å². The fraction of sp³-hybridized carbons (Fsp3) is 0.481. The van der Waals surface area contributed by atoms with Crippen LogP contribution in [0.1, 0.15) is 31.2 Å². The Kier molecular flexibility index (Phi) is 7.00. The lowest BCUT2D eigenvalue weighted by atomic mass is 10.0. The van der Waals surface area contributed by atoms with Crippen molar-refractivity contribution in [1.29, 1.82) is 0 Å². The van der Waals surface area contributed by atoms with E-state index in [0.717, 1.165) is 48.7 Å². The molecule has 0 aliphatic carbocycles. The van der Waals surface area contributed by atoms with Crippen LogP contribution in [0, 0.1) is 0 Å². The van der Waals surface area contributed by atoms with Gasteiger partial charge < -0.3 is 24.6 Å². The van der Waals surface area contributed by atoms with E-state index in [1.54, 1.807) is 14.2 Å². The lowest BCUT2D eigenvalue weighted by Crippen LogP contribution is -2.44. The lowest BCUT2D eigenvalue weighted by molar-refractivity contribution is 0.207. The first-order valence-electron chi connectivity index (χ1n) is 12.5. The van der Waals surface area contributed by atoms with Crippen LogP contribution in [-0.4, -0.2) is 67.9 Å². The summed E-state index contributed by atoms with van der Waals surface area (Å²) < 4.78 is 11.1. The Labute approximate surface area is 202 Å². The fourth-order valence-corrected chi connectivity index (χ4v) is 5.23. The van der Waals surface area contributed by atoms with Crippen molar-refractivity contribution in [1.82, 2.24) is 14.9 Å². The summed E-state index contributed by atoms with van der Waals surface area (Å²) in [7, 11) is 3.32. The molecule has 0 spiro atoms. The zero-order valence-electron chi connectivity index (χ0n) is 20.3. The first kappa shape index (κ1) is 22.7. The minimum atomic E-state index is 0.683. The Morgan fingerprint density at radius 3 is 2.32 bits per heavy atom. The Morgan fingerprint density at radius 1 is 0.912 bits per heavy atom. The van der Waals surface area contributed by atoms with Crippen molar-refractivity contribution in [3.05, 3.63) is 48.0 Å². The van der Waals surface area contributed by atoms with Crippen LogP contribution in [0.15, 0.2) is 42.5 Å². The predicted octanol–water partition coefficient (Wildman–Crippen LogP) is 4.37. The summed E-state index contributed by atoms with van der Waals surface area (Å²) in [6, 6.07) is 15.2. The van der Waals surface area contributed by atoms with Crippen molar-refractivity contribution >= 4 is 22.7 Å². The van der Waals surface area contributed by atoms with Gasteiger partial charge in [-0.3, -0.25) is 0 Å². The fourth-order valence-electron chi connectivity index (χ4n) is 5.23. The molecule has 3 aromatic rings. The first-order chi connectivity index (χ1) is 16.7. The summed E-state index contributed by atoms with van der Waals surface area (Å²) in [5.41, 5.74) is 2.17. The number of piperidine rings is 1. The van der Waals surface area contributed by atoms with E-state index in [1.165, 1.54) is 44.3 Å². The molecule has 3 heterocycles. The maximum Gasteiger partial charge on any atom is 0.227 e. The predicted molar refractivity (Wildman–Crippen MR) is 137 cm³/mol. The largest absolute Gasteiger partial charge is 0.493 e. The molecule has 7 nitrogen and oxygen atoms in total. The maximum absolute atomic E-state index is 5.56. The van der Waals surface area contributed by atoms with E-state index in [-0.39, 0.29) is 0 Å². The molecule has 0 radical (unpaired) electrons. The van der Waals surface area contributed by atoms with E-state index in [0.29, 0.717) is 17.5 Å². The van der Waals surface area contributed by atoms with Gasteiger partial charge in [0.15, 0.2) is 11.5 Å². The Hall–Kier alpha value is -3.06. The number of nitrogens with zero attached hydrogens (tertiary/aromatic N) is 4. The van der Waals surface area contributed by atoms with E-state index in [4.69, 9.17) is 19.4 Å². The molecule has 2 fully saturated rings. The Balaban J connectivity index is 1.39. The number of nitrogens with one attached hydrogen (secondary N) is 1. The number of rotatable bonds is 8. The molecule has 0 saturated carbocycles. The monoisotopic (exact) mass is 461 g/mol. The molecule has 0 bridgehead atoms. The number of ether oxygens (including phenoxy) is 2. The van der Waals surface area contributed by atoms with Crippen LogP contribution in [0.4, 0.5) is 11.8 Å². The highest BCUT2D eigenvalue weighted by Gasteiger charge is 2.28. The molecule has 2 saturated heterocycles. The van der Waals surface area contributed by atoms with Gasteiger partial charge in [-0.25, -0.2) is 4.98 Å². The van der Waals surface area contributed by atoms with Crippen molar-refractivity contribution in [2.24, 2.45) is 0 Å². The minimum Gasteiger partial charge on any atom is -0.493 e. The molecule has 0 amide bonds. The summed E-state index contributed by atoms with van der Waals surface area (Å²) in [4.78, 5) is 15.0. The van der Waals surface area contributed by atoms with Crippen molar-refractivity contribution < 1.29 is 9.47 Å². The Bertz CT molecular complexity index is 1090. The van der Waals surface area contributed by atoms with E-state index in [2.05, 4.69) is 39.4 Å². The van der Waals surface area contributed by atoms with E-state index in [9.17, 15) is 0 Å². The maximum atomic E-state index is 5.56. The first-order valence-corrected chi connectivity index (χ1v) is 12.5. The smallest absolute Gasteiger partial charge is 0.227 e. The van der Waals surface area contributed by atoms with Crippen LogP contribution < -0.4 is 19.7 Å². The highest BCUT2D eigenvalue weighted by molar-refractivity contribution is 5.92. The van der Waals surface area contributed by atoms with Gasteiger partial charge in [-0.05, 0) is 56.8 Å². The standard InChI is InChI=1S/C27H35N5O2/c1-33-24-18-22-23(19-25(24)34-2)29-27(30-26(22)28-13-10-20-8-4-3-5-9-20)32-16-11-21(12-17-32)31-14-6-7-15-31/h3-5,8-9,18-19,21H,6-7,10-17H2,1-2H3,(H,28,29,30). The molecule has 2 aliphatic heterocycles. The third-order valence-electron chi connectivity index (χ3n) is 7.14. The van der Waals surface area contributed by atoms with Crippen molar-refractivity contribution in [3.8, 4) is 11.5 Å². The Morgan fingerprint density at radius 2 is 1.62 bits per heavy atom. The summed E-state index contributed by atoms with van der Waals surface area (Å²) in [6.45, 7) is 5.29. The molecular formula is C27H35N5O2. The second kappa shape index (κ2) is 10.5. The van der Waals surface area contributed by atoms with Crippen molar-refractivity contribution in [3.63, 3.8) is 0 Å². The van der Waals surface area contributed by atoms with Crippen LogP contribution in [0.5, 0.6) is 11.5 Å². The van der Waals surface area contributed by atoms with Crippen LogP contribution in [0.25, 0.3) is 10.9 Å². The number of fused-ring (bicyclic) bond motifs is 1. The van der Waals surface area contributed by atoms with Crippen LogP contribution in [-0.2, 0) is 6.42 Å². The van der Waals surface area contributed by atoms with E-state index < -0.39 is 0 Å². The summed E-state index contributed by atoms with van der Waals surface area (Å²) in [6.07, 6.45) is 5.96. The molecule has 2 aromatic carbocycles. The van der Waals surface area contributed by atoms with Gasteiger partial charge in [-0.1, -0.05) is 30.3 Å². The molecule has 0 atom stereocenters. The molecule has 1 N–H and O–H groups in total. The number of hydrogen-bond acceptors (Lipinski definition) is 7. The number of methoxy groups -OCH3 is 2. The normalized spacial score (nSPS) is 17.3. The van der Waals surface area contributed by atoms with E-state index >= 15 is 0 Å². The lowest BCUT2D eigenvalue weighted by Gasteiger charge is -2.36. The molecule has 1 aromatic heterocycles.